The molecule has 5 heteroatoms. The highest BCUT2D eigenvalue weighted by atomic mass is 16.6. The lowest BCUT2D eigenvalue weighted by molar-refractivity contribution is -0.145. The van der Waals surface area contributed by atoms with E-state index in [0.717, 1.165) is 18.4 Å². The zero-order chi connectivity index (χ0) is 18.4. The highest BCUT2D eigenvalue weighted by Crippen LogP contribution is 2.31. The molecule has 1 amide bonds. The summed E-state index contributed by atoms with van der Waals surface area (Å²) in [6.07, 6.45) is 2.06. The second-order valence-electron chi connectivity index (χ2n) is 7.42. The number of ether oxygens (including phenoxy) is 2. The summed E-state index contributed by atoms with van der Waals surface area (Å²) >= 11 is 0. The predicted molar refractivity (Wildman–Crippen MR) is 96.4 cm³/mol. The Hall–Kier alpha value is -2.04. The van der Waals surface area contributed by atoms with Crippen LogP contribution >= 0.6 is 0 Å². The molecule has 1 fully saturated rings. The van der Waals surface area contributed by atoms with Crippen LogP contribution in [0.25, 0.3) is 0 Å². The van der Waals surface area contributed by atoms with E-state index >= 15 is 0 Å². The Balaban J connectivity index is 2.14. The van der Waals surface area contributed by atoms with Crippen molar-refractivity contribution < 1.29 is 19.1 Å². The highest BCUT2D eigenvalue weighted by Gasteiger charge is 2.36. The van der Waals surface area contributed by atoms with Gasteiger partial charge in [0.2, 0.25) is 0 Å². The Morgan fingerprint density at radius 2 is 1.92 bits per heavy atom. The standard InChI is InChI=1S/C20H29NO4/c1-5-24-18(22)17(15-10-7-6-8-11-15)14-16-12-9-13-21(16)19(23)25-20(2,3)4/h6-8,10-11,16-17H,5,9,12-14H2,1-4H3/t16-,17?/m0/s1. The van der Waals surface area contributed by atoms with Gasteiger partial charge in [-0.15, -0.1) is 0 Å². The molecular weight excluding hydrogens is 318 g/mol. The summed E-state index contributed by atoms with van der Waals surface area (Å²) in [5.74, 6) is -0.598. The van der Waals surface area contributed by atoms with E-state index in [2.05, 4.69) is 0 Å². The summed E-state index contributed by atoms with van der Waals surface area (Å²) in [6.45, 7) is 8.42. The van der Waals surface area contributed by atoms with Crippen LogP contribution in [0.1, 0.15) is 58.4 Å². The molecule has 1 aromatic rings. The molecule has 25 heavy (non-hydrogen) atoms. The average Bonchev–Trinajstić information content (AvgIpc) is 3.00. The van der Waals surface area contributed by atoms with E-state index in [1.54, 1.807) is 4.90 Å². The second kappa shape index (κ2) is 8.37. The molecule has 0 aliphatic carbocycles. The van der Waals surface area contributed by atoms with Crippen LogP contribution < -0.4 is 0 Å². The third kappa shape index (κ3) is 5.48. The van der Waals surface area contributed by atoms with E-state index in [-0.39, 0.29) is 24.0 Å². The van der Waals surface area contributed by atoms with Crippen LogP contribution in [0.5, 0.6) is 0 Å². The van der Waals surface area contributed by atoms with E-state index in [1.807, 2.05) is 58.0 Å². The molecule has 138 valence electrons. The minimum Gasteiger partial charge on any atom is -0.466 e. The molecule has 0 aromatic heterocycles. The Morgan fingerprint density at radius 3 is 2.52 bits per heavy atom. The molecule has 1 heterocycles. The molecule has 0 radical (unpaired) electrons. The summed E-state index contributed by atoms with van der Waals surface area (Å²) in [5, 5.41) is 0. The molecule has 0 saturated carbocycles. The van der Waals surface area contributed by atoms with Gasteiger partial charge in [-0.1, -0.05) is 30.3 Å². The molecule has 1 aliphatic rings. The SMILES string of the molecule is CCOC(=O)C(C[C@@H]1CCCN1C(=O)OC(C)(C)C)c1ccccc1. The molecule has 1 aromatic carbocycles. The highest BCUT2D eigenvalue weighted by molar-refractivity contribution is 5.78. The Kier molecular flexibility index (Phi) is 6.45. The summed E-state index contributed by atoms with van der Waals surface area (Å²) in [7, 11) is 0. The van der Waals surface area contributed by atoms with Crippen molar-refractivity contribution in [1.82, 2.24) is 4.90 Å². The molecule has 1 saturated heterocycles. The van der Waals surface area contributed by atoms with Gasteiger partial charge in [0.1, 0.15) is 5.60 Å². The first kappa shape index (κ1) is 19.3. The fourth-order valence-corrected chi connectivity index (χ4v) is 3.21. The lowest BCUT2D eigenvalue weighted by Gasteiger charge is -2.30. The number of hydrogen-bond donors (Lipinski definition) is 0. The van der Waals surface area contributed by atoms with Crippen LogP contribution in [0.3, 0.4) is 0 Å². The quantitative estimate of drug-likeness (QED) is 0.752. The van der Waals surface area contributed by atoms with Gasteiger partial charge in [-0.25, -0.2) is 4.79 Å². The molecule has 2 atom stereocenters. The second-order valence-corrected chi connectivity index (χ2v) is 7.42. The van der Waals surface area contributed by atoms with E-state index in [0.29, 0.717) is 19.6 Å². The zero-order valence-corrected chi connectivity index (χ0v) is 15.7. The third-order valence-electron chi connectivity index (χ3n) is 4.29. The third-order valence-corrected chi connectivity index (χ3v) is 4.29. The maximum absolute atomic E-state index is 12.5. The molecule has 0 bridgehead atoms. The molecule has 2 rings (SSSR count). The van der Waals surface area contributed by atoms with E-state index in [4.69, 9.17) is 9.47 Å². The van der Waals surface area contributed by atoms with Crippen molar-refractivity contribution in [3.8, 4) is 0 Å². The smallest absolute Gasteiger partial charge is 0.410 e. The van der Waals surface area contributed by atoms with Gasteiger partial charge in [-0.2, -0.15) is 0 Å². The van der Waals surface area contributed by atoms with Gasteiger partial charge in [0.05, 0.1) is 12.5 Å². The van der Waals surface area contributed by atoms with Gasteiger partial charge in [-0.3, -0.25) is 4.79 Å². The van der Waals surface area contributed by atoms with Crippen molar-refractivity contribution in [2.45, 2.75) is 64.5 Å². The number of benzene rings is 1. The summed E-state index contributed by atoms with van der Waals surface area (Å²) in [4.78, 5) is 26.7. The van der Waals surface area contributed by atoms with Gasteiger partial charge in [0.25, 0.3) is 0 Å². The average molecular weight is 347 g/mol. The molecule has 0 spiro atoms. The fraction of sp³-hybridized carbons (Fsp3) is 0.600. The predicted octanol–water partition coefficient (Wildman–Crippen LogP) is 4.12. The van der Waals surface area contributed by atoms with Gasteiger partial charge in [0.15, 0.2) is 0 Å². The minimum absolute atomic E-state index is 0.00976. The Bertz CT molecular complexity index is 579. The van der Waals surface area contributed by atoms with E-state index in [9.17, 15) is 9.59 Å². The van der Waals surface area contributed by atoms with Crippen molar-refractivity contribution >= 4 is 12.1 Å². The number of amides is 1. The maximum atomic E-state index is 12.5. The fourth-order valence-electron chi connectivity index (χ4n) is 3.21. The number of nitrogens with zero attached hydrogens (tertiary/aromatic N) is 1. The number of likely N-dealkylation sites (tertiary alicyclic amines) is 1. The van der Waals surface area contributed by atoms with Crippen LogP contribution in [0, 0.1) is 0 Å². The first-order chi connectivity index (χ1) is 11.8. The molecule has 1 unspecified atom stereocenters. The van der Waals surface area contributed by atoms with Gasteiger partial charge >= 0.3 is 12.1 Å². The monoisotopic (exact) mass is 347 g/mol. The van der Waals surface area contributed by atoms with Gasteiger partial charge in [-0.05, 0) is 52.5 Å². The van der Waals surface area contributed by atoms with Crippen LogP contribution in [0.15, 0.2) is 30.3 Å². The summed E-state index contributed by atoms with van der Waals surface area (Å²) in [6, 6.07) is 9.63. The van der Waals surface area contributed by atoms with Crippen LogP contribution in [-0.2, 0) is 14.3 Å². The summed E-state index contributed by atoms with van der Waals surface area (Å²) in [5.41, 5.74) is 0.404. The van der Waals surface area contributed by atoms with Crippen molar-refractivity contribution in [3.63, 3.8) is 0 Å². The van der Waals surface area contributed by atoms with Crippen LogP contribution in [0.4, 0.5) is 4.79 Å². The normalized spacial score (nSPS) is 18.7. The minimum atomic E-state index is -0.524. The number of esters is 1. The van der Waals surface area contributed by atoms with Crippen molar-refractivity contribution in [3.05, 3.63) is 35.9 Å². The number of hydrogen-bond acceptors (Lipinski definition) is 4. The van der Waals surface area contributed by atoms with Crippen LogP contribution in [0.2, 0.25) is 0 Å². The molecule has 0 N–H and O–H groups in total. The molecule has 5 nitrogen and oxygen atoms in total. The lowest BCUT2D eigenvalue weighted by Crippen LogP contribution is -2.41. The zero-order valence-electron chi connectivity index (χ0n) is 15.7. The number of rotatable bonds is 5. The number of carbonyl (C=O) groups excluding carboxylic acids is 2. The topological polar surface area (TPSA) is 55.8 Å². The lowest BCUT2D eigenvalue weighted by atomic mass is 9.91. The number of carbonyl (C=O) groups is 2. The first-order valence-corrected chi connectivity index (χ1v) is 9.03. The van der Waals surface area contributed by atoms with Crippen LogP contribution in [-0.4, -0.2) is 41.8 Å². The Morgan fingerprint density at radius 1 is 1.24 bits per heavy atom. The molecule has 1 aliphatic heterocycles. The van der Waals surface area contributed by atoms with Gasteiger partial charge < -0.3 is 14.4 Å². The first-order valence-electron chi connectivity index (χ1n) is 9.03. The van der Waals surface area contributed by atoms with E-state index < -0.39 is 5.60 Å². The largest absolute Gasteiger partial charge is 0.466 e. The van der Waals surface area contributed by atoms with Crippen molar-refractivity contribution in [2.75, 3.05) is 13.2 Å². The maximum Gasteiger partial charge on any atom is 0.410 e. The molecular formula is C20H29NO4. The van der Waals surface area contributed by atoms with Crippen molar-refractivity contribution in [1.29, 1.82) is 0 Å². The van der Waals surface area contributed by atoms with Gasteiger partial charge in [0, 0.05) is 12.6 Å². The van der Waals surface area contributed by atoms with Crippen molar-refractivity contribution in [2.24, 2.45) is 0 Å². The van der Waals surface area contributed by atoms with E-state index in [1.165, 1.54) is 0 Å². The summed E-state index contributed by atoms with van der Waals surface area (Å²) < 4.78 is 10.8. The Labute approximate surface area is 150 Å².